The van der Waals surface area contributed by atoms with E-state index in [0.717, 1.165) is 0 Å². The molecule has 0 aliphatic rings. The number of aromatic carboxylic acids is 1. The number of esters is 1. The molecule has 0 aromatic carbocycles. The van der Waals surface area contributed by atoms with Crippen LogP contribution in [0.3, 0.4) is 0 Å². The maximum Gasteiger partial charge on any atom is 0.418 e. The lowest BCUT2D eigenvalue weighted by Crippen LogP contribution is -2.19. The van der Waals surface area contributed by atoms with E-state index in [2.05, 4.69) is 9.72 Å². The average molecular weight is 322 g/mol. The minimum absolute atomic E-state index is 0.0466. The first-order valence-electron chi connectivity index (χ1n) is 5.72. The van der Waals surface area contributed by atoms with E-state index in [0.29, 0.717) is 0 Å². The van der Waals surface area contributed by atoms with Crippen LogP contribution < -0.4 is 0 Å². The van der Waals surface area contributed by atoms with E-state index in [9.17, 15) is 32.9 Å². The first kappa shape index (κ1) is 17.3. The summed E-state index contributed by atoms with van der Waals surface area (Å²) < 4.78 is 43.2. The summed E-state index contributed by atoms with van der Waals surface area (Å²) in [5.74, 6) is -2.95. The molecule has 1 aromatic heterocycles. The second kappa shape index (κ2) is 6.37. The van der Waals surface area contributed by atoms with Crippen molar-refractivity contribution in [2.45, 2.75) is 19.5 Å². The number of alkyl halides is 3. The predicted molar refractivity (Wildman–Crippen MR) is 63.2 cm³/mol. The topological polar surface area (TPSA) is 120 Å². The van der Waals surface area contributed by atoms with E-state index in [1.807, 2.05) is 0 Å². The van der Waals surface area contributed by atoms with Crippen molar-refractivity contribution in [1.29, 1.82) is 0 Å². The number of carbonyl (C=O) groups is 2. The third kappa shape index (κ3) is 3.90. The summed E-state index contributed by atoms with van der Waals surface area (Å²) in [6.07, 6.45) is -6.00. The maximum absolute atomic E-state index is 12.9. The summed E-state index contributed by atoms with van der Waals surface area (Å²) in [4.78, 5) is 34.7. The second-order valence-corrected chi connectivity index (χ2v) is 3.89. The quantitative estimate of drug-likeness (QED) is 0.498. The third-order valence-electron chi connectivity index (χ3n) is 2.40. The SMILES string of the molecule is CCOC(=O)Cc1nc(C(=O)O)c([N+](=O)[O-])cc1C(F)(F)F. The smallest absolute Gasteiger partial charge is 0.418 e. The predicted octanol–water partition coefficient (Wildman–Crippen LogP) is 1.81. The molecule has 0 bridgehead atoms. The lowest BCUT2D eigenvalue weighted by atomic mass is 10.1. The lowest BCUT2D eigenvalue weighted by molar-refractivity contribution is -0.385. The molecule has 0 aliphatic carbocycles. The molecular weight excluding hydrogens is 313 g/mol. The number of nitrogens with zero attached hydrogens (tertiary/aromatic N) is 2. The number of ether oxygens (including phenoxy) is 1. The van der Waals surface area contributed by atoms with Gasteiger partial charge in [-0.15, -0.1) is 0 Å². The molecule has 1 rings (SSSR count). The van der Waals surface area contributed by atoms with Gasteiger partial charge in [0.15, 0.2) is 0 Å². The third-order valence-corrected chi connectivity index (χ3v) is 2.40. The Morgan fingerprint density at radius 3 is 2.45 bits per heavy atom. The van der Waals surface area contributed by atoms with Crippen LogP contribution in [0.4, 0.5) is 18.9 Å². The van der Waals surface area contributed by atoms with Gasteiger partial charge in [0.05, 0.1) is 29.2 Å². The highest BCUT2D eigenvalue weighted by Gasteiger charge is 2.39. The molecule has 0 spiro atoms. The Morgan fingerprint density at radius 1 is 1.45 bits per heavy atom. The zero-order valence-electron chi connectivity index (χ0n) is 11.0. The lowest BCUT2D eigenvalue weighted by Gasteiger charge is -2.12. The number of hydrogen-bond donors (Lipinski definition) is 1. The van der Waals surface area contributed by atoms with E-state index in [-0.39, 0.29) is 12.7 Å². The standard InChI is InChI=1S/C11H9F3N2O6/c1-2-22-8(17)4-6-5(11(12,13)14)3-7(16(20)21)9(15-6)10(18)19/h3H,2,4H2,1H3,(H,18,19). The Bertz CT molecular complexity index is 629. The van der Waals surface area contributed by atoms with Gasteiger partial charge < -0.3 is 9.84 Å². The summed E-state index contributed by atoms with van der Waals surface area (Å²) in [6.45, 7) is 1.33. The fourth-order valence-electron chi connectivity index (χ4n) is 1.57. The molecule has 0 atom stereocenters. The minimum Gasteiger partial charge on any atom is -0.476 e. The summed E-state index contributed by atoms with van der Waals surface area (Å²) in [7, 11) is 0. The van der Waals surface area contributed by atoms with Crippen molar-refractivity contribution < 1.29 is 37.5 Å². The van der Waals surface area contributed by atoms with Crippen LogP contribution in [-0.4, -0.2) is 33.6 Å². The van der Waals surface area contributed by atoms with Crippen LogP contribution in [0.5, 0.6) is 0 Å². The van der Waals surface area contributed by atoms with Crippen LogP contribution >= 0.6 is 0 Å². The molecule has 22 heavy (non-hydrogen) atoms. The number of halogens is 3. The van der Waals surface area contributed by atoms with Crippen LogP contribution in [0.15, 0.2) is 6.07 Å². The number of hydrogen-bond acceptors (Lipinski definition) is 6. The van der Waals surface area contributed by atoms with E-state index < -0.39 is 52.1 Å². The molecule has 0 saturated carbocycles. The van der Waals surface area contributed by atoms with Gasteiger partial charge in [-0.1, -0.05) is 0 Å². The molecule has 0 saturated heterocycles. The van der Waals surface area contributed by atoms with Gasteiger partial charge in [0.1, 0.15) is 0 Å². The van der Waals surface area contributed by atoms with Crippen LogP contribution in [0, 0.1) is 10.1 Å². The van der Waals surface area contributed by atoms with Crippen molar-refractivity contribution in [3.8, 4) is 0 Å². The fraction of sp³-hybridized carbons (Fsp3) is 0.364. The first-order valence-corrected chi connectivity index (χ1v) is 5.72. The zero-order chi connectivity index (χ0) is 17.1. The number of rotatable bonds is 5. The van der Waals surface area contributed by atoms with Gasteiger partial charge in [0, 0.05) is 6.07 Å². The molecule has 1 aromatic rings. The number of nitro groups is 1. The molecule has 0 fully saturated rings. The number of pyridine rings is 1. The maximum atomic E-state index is 12.9. The van der Waals surface area contributed by atoms with Crippen molar-refractivity contribution >= 4 is 17.6 Å². The Balaban J connectivity index is 3.51. The van der Waals surface area contributed by atoms with Crippen molar-refractivity contribution in [3.05, 3.63) is 33.1 Å². The second-order valence-electron chi connectivity index (χ2n) is 3.89. The number of carboxylic acid groups (broad SMARTS) is 1. The Morgan fingerprint density at radius 2 is 2.05 bits per heavy atom. The van der Waals surface area contributed by atoms with Crippen LogP contribution in [0.25, 0.3) is 0 Å². The van der Waals surface area contributed by atoms with Crippen LogP contribution in [0.2, 0.25) is 0 Å². The molecule has 0 radical (unpaired) electrons. The largest absolute Gasteiger partial charge is 0.476 e. The molecule has 1 heterocycles. The number of carboxylic acids is 1. The van der Waals surface area contributed by atoms with Gasteiger partial charge in [0.25, 0.3) is 0 Å². The van der Waals surface area contributed by atoms with E-state index in [4.69, 9.17) is 5.11 Å². The minimum atomic E-state index is -5.05. The number of aromatic nitrogens is 1. The molecule has 8 nitrogen and oxygen atoms in total. The highest BCUT2D eigenvalue weighted by atomic mass is 19.4. The monoisotopic (exact) mass is 322 g/mol. The zero-order valence-corrected chi connectivity index (χ0v) is 11.0. The van der Waals surface area contributed by atoms with Crippen molar-refractivity contribution in [2.75, 3.05) is 6.61 Å². The summed E-state index contributed by atoms with van der Waals surface area (Å²) in [5, 5.41) is 19.5. The van der Waals surface area contributed by atoms with Gasteiger partial charge in [-0.3, -0.25) is 14.9 Å². The van der Waals surface area contributed by atoms with E-state index in [1.165, 1.54) is 6.92 Å². The Kier molecular flexibility index (Phi) is 5.02. The van der Waals surface area contributed by atoms with Gasteiger partial charge >= 0.3 is 23.8 Å². The van der Waals surface area contributed by atoms with Crippen molar-refractivity contribution in [3.63, 3.8) is 0 Å². The van der Waals surface area contributed by atoms with Crippen LogP contribution in [0.1, 0.15) is 28.7 Å². The van der Waals surface area contributed by atoms with E-state index in [1.54, 1.807) is 0 Å². The van der Waals surface area contributed by atoms with Gasteiger partial charge in [0.2, 0.25) is 5.69 Å². The van der Waals surface area contributed by atoms with Gasteiger partial charge in [-0.05, 0) is 6.92 Å². The molecule has 0 aliphatic heterocycles. The fourth-order valence-corrected chi connectivity index (χ4v) is 1.57. The van der Waals surface area contributed by atoms with Crippen molar-refractivity contribution in [2.24, 2.45) is 0 Å². The van der Waals surface area contributed by atoms with Gasteiger partial charge in [-0.25, -0.2) is 9.78 Å². The molecule has 1 N–H and O–H groups in total. The summed E-state index contributed by atoms with van der Waals surface area (Å²) in [5.41, 5.74) is -5.00. The summed E-state index contributed by atoms with van der Waals surface area (Å²) >= 11 is 0. The highest BCUT2D eigenvalue weighted by molar-refractivity contribution is 5.90. The summed E-state index contributed by atoms with van der Waals surface area (Å²) in [6, 6.07) is 0.0466. The van der Waals surface area contributed by atoms with Crippen LogP contribution in [-0.2, 0) is 22.1 Å². The molecule has 0 unspecified atom stereocenters. The van der Waals surface area contributed by atoms with Gasteiger partial charge in [-0.2, -0.15) is 13.2 Å². The Hall–Kier alpha value is -2.72. The molecule has 11 heteroatoms. The average Bonchev–Trinajstić information content (AvgIpc) is 2.36. The molecular formula is C11H9F3N2O6. The molecule has 120 valence electrons. The highest BCUT2D eigenvalue weighted by Crippen LogP contribution is 2.35. The van der Waals surface area contributed by atoms with Crippen molar-refractivity contribution in [1.82, 2.24) is 4.98 Å². The first-order chi connectivity index (χ1) is 10.1. The molecule has 0 amide bonds. The normalized spacial score (nSPS) is 11.1. The van der Waals surface area contributed by atoms with E-state index >= 15 is 0 Å². The Labute approximate surface area is 120 Å². The number of carbonyl (C=O) groups excluding carboxylic acids is 1.